The smallest absolute Gasteiger partial charge is 0.247 e. The van der Waals surface area contributed by atoms with Crippen LogP contribution in [0.15, 0.2) is 18.2 Å². The predicted octanol–water partition coefficient (Wildman–Crippen LogP) is 0.985. The molecule has 1 saturated heterocycles. The van der Waals surface area contributed by atoms with Gasteiger partial charge >= 0.3 is 0 Å². The van der Waals surface area contributed by atoms with E-state index in [1.807, 2.05) is 0 Å². The van der Waals surface area contributed by atoms with Crippen molar-refractivity contribution in [2.24, 2.45) is 0 Å². The monoisotopic (exact) mass is 236 g/mol. The number of amides is 2. The highest BCUT2D eigenvalue weighted by Crippen LogP contribution is 2.24. The summed E-state index contributed by atoms with van der Waals surface area (Å²) in [6.07, 6.45) is 0. The first-order valence-corrected chi connectivity index (χ1v) is 5.36. The minimum atomic E-state index is -0.687. The van der Waals surface area contributed by atoms with Crippen LogP contribution in [0.4, 0.5) is 10.1 Å². The molecule has 1 heterocycles. The number of nitrogens with one attached hydrogen (secondary N) is 1. The Morgan fingerprint density at radius 1 is 1.41 bits per heavy atom. The second-order valence-electron chi connectivity index (χ2n) is 4.11. The van der Waals surface area contributed by atoms with E-state index in [9.17, 15) is 14.0 Å². The van der Waals surface area contributed by atoms with Gasteiger partial charge in [-0.15, -0.1) is 0 Å². The Balaban J connectivity index is 2.43. The van der Waals surface area contributed by atoms with Gasteiger partial charge in [0.2, 0.25) is 11.8 Å². The number of halogens is 1. The fraction of sp³-hybridized carbons (Fsp3) is 0.333. The molecule has 1 aromatic carbocycles. The number of anilines is 1. The summed E-state index contributed by atoms with van der Waals surface area (Å²) in [5.41, 5.74) is 0.927. The molecule has 1 unspecified atom stereocenters. The molecule has 2 amide bonds. The summed E-state index contributed by atoms with van der Waals surface area (Å²) in [6, 6.07) is 3.90. The maximum Gasteiger partial charge on any atom is 0.247 e. The van der Waals surface area contributed by atoms with Crippen LogP contribution in [0.25, 0.3) is 0 Å². The summed E-state index contributed by atoms with van der Waals surface area (Å²) < 4.78 is 13.8. The number of hydrogen-bond acceptors (Lipinski definition) is 2. The van der Waals surface area contributed by atoms with E-state index >= 15 is 0 Å². The Kier molecular flexibility index (Phi) is 2.83. The van der Waals surface area contributed by atoms with Gasteiger partial charge in [-0.05, 0) is 31.5 Å². The van der Waals surface area contributed by atoms with Gasteiger partial charge in [-0.3, -0.25) is 14.5 Å². The van der Waals surface area contributed by atoms with Gasteiger partial charge in [0.15, 0.2) is 0 Å². The zero-order chi connectivity index (χ0) is 12.6. The lowest BCUT2D eigenvalue weighted by Gasteiger charge is -2.32. The fourth-order valence-corrected chi connectivity index (χ4v) is 1.88. The number of aryl methyl sites for hydroxylation is 1. The first-order valence-electron chi connectivity index (χ1n) is 5.36. The third kappa shape index (κ3) is 2.00. The standard InChI is InChI=1S/C12H13FN2O2/c1-7-3-4-10(9(13)5-7)15-8(2)12(17)14-6-11(15)16/h3-5,8H,6H2,1-2H3,(H,14,17). The third-order valence-corrected chi connectivity index (χ3v) is 2.81. The molecular formula is C12H13FN2O2. The topological polar surface area (TPSA) is 49.4 Å². The van der Waals surface area contributed by atoms with E-state index in [0.717, 1.165) is 5.56 Å². The van der Waals surface area contributed by atoms with Crippen LogP contribution in [-0.4, -0.2) is 24.4 Å². The molecule has 0 aromatic heterocycles. The molecule has 0 spiro atoms. The van der Waals surface area contributed by atoms with Crippen molar-refractivity contribution in [1.82, 2.24) is 5.32 Å². The van der Waals surface area contributed by atoms with Crippen molar-refractivity contribution in [3.63, 3.8) is 0 Å². The molecule has 0 saturated carbocycles. The summed E-state index contributed by atoms with van der Waals surface area (Å²) in [5.74, 6) is -1.07. The van der Waals surface area contributed by atoms with Gasteiger partial charge in [-0.2, -0.15) is 0 Å². The molecule has 1 aliphatic heterocycles. The Morgan fingerprint density at radius 3 is 2.76 bits per heavy atom. The lowest BCUT2D eigenvalue weighted by molar-refractivity contribution is -0.130. The van der Waals surface area contributed by atoms with Crippen LogP contribution in [0, 0.1) is 12.7 Å². The number of carbonyl (C=O) groups is 2. The summed E-state index contributed by atoms with van der Waals surface area (Å²) in [7, 11) is 0. The number of benzene rings is 1. The van der Waals surface area contributed by atoms with Gasteiger partial charge in [0, 0.05) is 0 Å². The molecule has 1 atom stereocenters. The molecular weight excluding hydrogens is 223 g/mol. The van der Waals surface area contributed by atoms with E-state index in [1.165, 1.54) is 17.0 Å². The van der Waals surface area contributed by atoms with Gasteiger partial charge in [-0.1, -0.05) is 6.07 Å². The van der Waals surface area contributed by atoms with Gasteiger partial charge in [-0.25, -0.2) is 4.39 Å². The van der Waals surface area contributed by atoms with Crippen LogP contribution in [0.5, 0.6) is 0 Å². The van der Waals surface area contributed by atoms with Gasteiger partial charge < -0.3 is 5.32 Å². The Labute approximate surface area is 98.4 Å². The maximum absolute atomic E-state index is 13.8. The minimum absolute atomic E-state index is 0.0868. The normalized spacial score (nSPS) is 20.4. The van der Waals surface area contributed by atoms with Crippen molar-refractivity contribution in [3.8, 4) is 0 Å². The average Bonchev–Trinajstić information content (AvgIpc) is 2.27. The quantitative estimate of drug-likeness (QED) is 0.790. The average molecular weight is 236 g/mol. The summed E-state index contributed by atoms with van der Waals surface area (Å²) in [6.45, 7) is 3.25. The SMILES string of the molecule is Cc1ccc(N2C(=O)CNC(=O)C2C)c(F)c1. The van der Waals surface area contributed by atoms with E-state index < -0.39 is 11.9 Å². The molecule has 90 valence electrons. The maximum atomic E-state index is 13.8. The van der Waals surface area contributed by atoms with Gasteiger partial charge in [0.05, 0.1) is 12.2 Å². The van der Waals surface area contributed by atoms with Crippen LogP contribution in [0.2, 0.25) is 0 Å². The highest BCUT2D eigenvalue weighted by Gasteiger charge is 2.33. The molecule has 1 aromatic rings. The van der Waals surface area contributed by atoms with Crippen LogP contribution in [-0.2, 0) is 9.59 Å². The van der Waals surface area contributed by atoms with Crippen LogP contribution in [0.1, 0.15) is 12.5 Å². The molecule has 2 rings (SSSR count). The Morgan fingerprint density at radius 2 is 2.12 bits per heavy atom. The van der Waals surface area contributed by atoms with E-state index in [2.05, 4.69) is 5.32 Å². The van der Waals surface area contributed by atoms with Gasteiger partial charge in [0.1, 0.15) is 11.9 Å². The van der Waals surface area contributed by atoms with Crippen molar-refractivity contribution >= 4 is 17.5 Å². The van der Waals surface area contributed by atoms with Crippen molar-refractivity contribution in [2.75, 3.05) is 11.4 Å². The zero-order valence-corrected chi connectivity index (χ0v) is 9.66. The number of piperazine rings is 1. The fourth-order valence-electron chi connectivity index (χ4n) is 1.88. The number of hydrogen-bond donors (Lipinski definition) is 1. The first-order chi connectivity index (χ1) is 8.00. The number of rotatable bonds is 1. The molecule has 5 heteroatoms. The molecule has 0 radical (unpaired) electrons. The highest BCUT2D eigenvalue weighted by atomic mass is 19.1. The number of carbonyl (C=O) groups excluding carboxylic acids is 2. The Bertz CT molecular complexity index is 487. The minimum Gasteiger partial charge on any atom is -0.345 e. The summed E-state index contributed by atoms with van der Waals surface area (Å²) >= 11 is 0. The van der Waals surface area contributed by atoms with Crippen LogP contribution in [0.3, 0.4) is 0 Å². The van der Waals surface area contributed by atoms with E-state index in [0.29, 0.717) is 0 Å². The molecule has 17 heavy (non-hydrogen) atoms. The van der Waals surface area contributed by atoms with Crippen molar-refractivity contribution < 1.29 is 14.0 Å². The van der Waals surface area contributed by atoms with E-state index in [-0.39, 0.29) is 24.0 Å². The largest absolute Gasteiger partial charge is 0.345 e. The molecule has 0 aliphatic carbocycles. The van der Waals surface area contributed by atoms with Crippen LogP contribution >= 0.6 is 0 Å². The van der Waals surface area contributed by atoms with Gasteiger partial charge in [0.25, 0.3) is 0 Å². The summed E-state index contributed by atoms with van der Waals surface area (Å²) in [4.78, 5) is 24.4. The van der Waals surface area contributed by atoms with Crippen molar-refractivity contribution in [3.05, 3.63) is 29.6 Å². The first kappa shape index (κ1) is 11.6. The van der Waals surface area contributed by atoms with E-state index in [4.69, 9.17) is 0 Å². The zero-order valence-electron chi connectivity index (χ0n) is 9.66. The lowest BCUT2D eigenvalue weighted by atomic mass is 10.1. The Hall–Kier alpha value is -1.91. The molecule has 0 bridgehead atoms. The number of nitrogens with zero attached hydrogens (tertiary/aromatic N) is 1. The molecule has 1 N–H and O–H groups in total. The van der Waals surface area contributed by atoms with Crippen LogP contribution < -0.4 is 10.2 Å². The second kappa shape index (κ2) is 4.16. The highest BCUT2D eigenvalue weighted by molar-refractivity contribution is 6.06. The van der Waals surface area contributed by atoms with Crippen molar-refractivity contribution in [2.45, 2.75) is 19.9 Å². The second-order valence-corrected chi connectivity index (χ2v) is 4.11. The molecule has 1 aliphatic rings. The lowest BCUT2D eigenvalue weighted by Crippen LogP contribution is -2.57. The molecule has 1 fully saturated rings. The summed E-state index contributed by atoms with van der Waals surface area (Å²) in [5, 5.41) is 2.46. The third-order valence-electron chi connectivity index (χ3n) is 2.81. The van der Waals surface area contributed by atoms with Crippen molar-refractivity contribution in [1.29, 1.82) is 0 Å². The predicted molar refractivity (Wildman–Crippen MR) is 61.1 cm³/mol. The van der Waals surface area contributed by atoms with E-state index in [1.54, 1.807) is 19.9 Å². The molecule has 4 nitrogen and oxygen atoms in total.